The van der Waals surface area contributed by atoms with Crippen LogP contribution in [0.2, 0.25) is 0 Å². The van der Waals surface area contributed by atoms with Crippen LogP contribution >= 0.6 is 0 Å². The summed E-state index contributed by atoms with van der Waals surface area (Å²) < 4.78 is 0. The Labute approximate surface area is 85.4 Å². The highest BCUT2D eigenvalue weighted by Gasteiger charge is 2.45. The van der Waals surface area contributed by atoms with Gasteiger partial charge in [-0.2, -0.15) is 0 Å². The summed E-state index contributed by atoms with van der Waals surface area (Å²) in [5, 5.41) is 3.04. The van der Waals surface area contributed by atoms with Gasteiger partial charge in [0.2, 0.25) is 5.91 Å². The molecule has 3 N–H and O–H groups in total. The van der Waals surface area contributed by atoms with Crippen LogP contribution in [0, 0.1) is 11.8 Å². The molecule has 14 heavy (non-hydrogen) atoms. The van der Waals surface area contributed by atoms with Crippen LogP contribution in [0.3, 0.4) is 0 Å². The van der Waals surface area contributed by atoms with Crippen LogP contribution in [-0.4, -0.2) is 17.5 Å². The van der Waals surface area contributed by atoms with E-state index in [9.17, 15) is 4.79 Å². The fraction of sp³-hybridized carbons (Fsp3) is 0.909. The molecular formula is C11H20N2O. The third kappa shape index (κ3) is 1.78. The van der Waals surface area contributed by atoms with Crippen LogP contribution in [0.5, 0.6) is 0 Å². The minimum Gasteiger partial charge on any atom is -0.352 e. The quantitative estimate of drug-likeness (QED) is 0.708. The van der Waals surface area contributed by atoms with E-state index < -0.39 is 5.54 Å². The van der Waals surface area contributed by atoms with Crippen LogP contribution in [-0.2, 0) is 4.79 Å². The average Bonchev–Trinajstić information content (AvgIpc) is 2.83. The molecule has 80 valence electrons. The standard InChI is InChI=1S/C11H20N2O/c1-7-5-9(6-7)13-10(14)11(2,12)8-3-4-8/h7-9H,3-6,12H2,1-2H3,(H,13,14). The first-order valence-corrected chi connectivity index (χ1v) is 5.60. The minimum absolute atomic E-state index is 0.0527. The predicted octanol–water partition coefficient (Wildman–Crippen LogP) is 1.03. The Morgan fingerprint density at radius 3 is 2.43 bits per heavy atom. The van der Waals surface area contributed by atoms with Gasteiger partial charge in [-0.3, -0.25) is 4.79 Å². The number of nitrogens with one attached hydrogen (secondary N) is 1. The van der Waals surface area contributed by atoms with Crippen molar-refractivity contribution in [3.05, 3.63) is 0 Å². The molecule has 0 heterocycles. The fourth-order valence-corrected chi connectivity index (χ4v) is 2.23. The van der Waals surface area contributed by atoms with Crippen LogP contribution in [0.4, 0.5) is 0 Å². The highest BCUT2D eigenvalue weighted by atomic mass is 16.2. The van der Waals surface area contributed by atoms with Gasteiger partial charge in [-0.15, -0.1) is 0 Å². The van der Waals surface area contributed by atoms with E-state index >= 15 is 0 Å². The van der Waals surface area contributed by atoms with Gasteiger partial charge in [0, 0.05) is 6.04 Å². The molecule has 0 aliphatic heterocycles. The first kappa shape index (κ1) is 9.97. The highest BCUT2D eigenvalue weighted by molar-refractivity contribution is 5.86. The van der Waals surface area contributed by atoms with Crippen molar-refractivity contribution in [2.75, 3.05) is 0 Å². The molecular weight excluding hydrogens is 176 g/mol. The molecule has 0 aromatic carbocycles. The van der Waals surface area contributed by atoms with Crippen LogP contribution in [0.25, 0.3) is 0 Å². The van der Waals surface area contributed by atoms with Gasteiger partial charge in [0.15, 0.2) is 0 Å². The van der Waals surface area contributed by atoms with Gasteiger partial charge in [0.25, 0.3) is 0 Å². The van der Waals surface area contributed by atoms with E-state index in [1.807, 2.05) is 6.92 Å². The lowest BCUT2D eigenvalue weighted by Gasteiger charge is -2.36. The highest BCUT2D eigenvalue weighted by Crippen LogP contribution is 2.38. The molecule has 3 nitrogen and oxygen atoms in total. The lowest BCUT2D eigenvalue weighted by molar-refractivity contribution is -0.128. The van der Waals surface area contributed by atoms with Crippen molar-refractivity contribution in [1.82, 2.24) is 5.32 Å². The molecule has 0 bridgehead atoms. The number of amides is 1. The normalized spacial score (nSPS) is 35.6. The van der Waals surface area contributed by atoms with Crippen molar-refractivity contribution in [2.24, 2.45) is 17.6 Å². The molecule has 0 aromatic rings. The smallest absolute Gasteiger partial charge is 0.240 e. The van der Waals surface area contributed by atoms with Gasteiger partial charge in [-0.1, -0.05) is 6.92 Å². The predicted molar refractivity (Wildman–Crippen MR) is 55.6 cm³/mol. The monoisotopic (exact) mass is 196 g/mol. The maximum Gasteiger partial charge on any atom is 0.240 e. The van der Waals surface area contributed by atoms with Gasteiger partial charge >= 0.3 is 0 Å². The van der Waals surface area contributed by atoms with E-state index in [2.05, 4.69) is 12.2 Å². The second kappa shape index (κ2) is 3.23. The molecule has 2 aliphatic rings. The maximum atomic E-state index is 11.8. The molecule has 2 saturated carbocycles. The van der Waals surface area contributed by atoms with E-state index in [0.29, 0.717) is 12.0 Å². The van der Waals surface area contributed by atoms with E-state index in [1.54, 1.807) is 0 Å². The number of carbonyl (C=O) groups excluding carboxylic acids is 1. The molecule has 3 heteroatoms. The van der Waals surface area contributed by atoms with E-state index in [-0.39, 0.29) is 5.91 Å². The number of nitrogens with two attached hydrogens (primary N) is 1. The van der Waals surface area contributed by atoms with E-state index in [1.165, 1.54) is 0 Å². The molecule has 1 atom stereocenters. The summed E-state index contributed by atoms with van der Waals surface area (Å²) in [6, 6.07) is 0.388. The number of hydrogen-bond donors (Lipinski definition) is 2. The van der Waals surface area contributed by atoms with Crippen molar-refractivity contribution in [3.63, 3.8) is 0 Å². The Morgan fingerprint density at radius 1 is 1.43 bits per heavy atom. The van der Waals surface area contributed by atoms with Crippen molar-refractivity contribution in [3.8, 4) is 0 Å². The summed E-state index contributed by atoms with van der Waals surface area (Å²) in [5.41, 5.74) is 5.39. The van der Waals surface area contributed by atoms with Crippen LogP contribution < -0.4 is 11.1 Å². The first-order valence-electron chi connectivity index (χ1n) is 5.60. The Balaban J connectivity index is 1.82. The van der Waals surface area contributed by atoms with E-state index in [4.69, 9.17) is 5.73 Å². The molecule has 0 saturated heterocycles. The molecule has 2 rings (SSSR count). The second-order valence-electron chi connectivity index (χ2n) is 5.30. The largest absolute Gasteiger partial charge is 0.352 e. The Kier molecular flexibility index (Phi) is 2.30. The molecule has 1 unspecified atom stereocenters. The number of carbonyl (C=O) groups is 1. The zero-order chi connectivity index (χ0) is 10.3. The third-order valence-corrected chi connectivity index (χ3v) is 3.62. The molecule has 0 spiro atoms. The van der Waals surface area contributed by atoms with Gasteiger partial charge in [0.05, 0.1) is 5.54 Å². The van der Waals surface area contributed by atoms with Gasteiger partial charge in [0.1, 0.15) is 0 Å². The lowest BCUT2D eigenvalue weighted by atomic mass is 9.81. The van der Waals surface area contributed by atoms with Gasteiger partial charge in [-0.25, -0.2) is 0 Å². The summed E-state index contributed by atoms with van der Waals surface area (Å²) in [4.78, 5) is 11.8. The summed E-state index contributed by atoms with van der Waals surface area (Å²) in [6.45, 7) is 4.08. The Hall–Kier alpha value is -0.570. The SMILES string of the molecule is CC1CC(NC(=O)C(C)(N)C2CC2)C1. The molecule has 2 fully saturated rings. The average molecular weight is 196 g/mol. The summed E-state index contributed by atoms with van der Waals surface area (Å²) in [6.07, 6.45) is 4.46. The van der Waals surface area contributed by atoms with Crippen molar-refractivity contribution in [2.45, 2.75) is 51.1 Å². The number of rotatable bonds is 3. The molecule has 0 radical (unpaired) electrons. The molecule has 1 amide bonds. The van der Waals surface area contributed by atoms with Gasteiger partial charge in [-0.05, 0) is 44.4 Å². The van der Waals surface area contributed by atoms with Crippen molar-refractivity contribution in [1.29, 1.82) is 0 Å². The first-order chi connectivity index (χ1) is 6.50. The van der Waals surface area contributed by atoms with Crippen LogP contribution in [0.15, 0.2) is 0 Å². The van der Waals surface area contributed by atoms with Gasteiger partial charge < -0.3 is 11.1 Å². The Morgan fingerprint density at radius 2 is 2.00 bits per heavy atom. The second-order valence-corrected chi connectivity index (χ2v) is 5.30. The summed E-state index contributed by atoms with van der Waals surface area (Å²) in [7, 11) is 0. The fourth-order valence-electron chi connectivity index (χ4n) is 2.23. The summed E-state index contributed by atoms with van der Waals surface area (Å²) in [5.74, 6) is 1.24. The minimum atomic E-state index is -0.626. The zero-order valence-electron chi connectivity index (χ0n) is 9.05. The molecule has 2 aliphatic carbocycles. The topological polar surface area (TPSA) is 55.1 Å². The number of hydrogen-bond acceptors (Lipinski definition) is 2. The summed E-state index contributed by atoms with van der Waals surface area (Å²) >= 11 is 0. The lowest BCUT2D eigenvalue weighted by Crippen LogP contribution is -2.57. The Bertz CT molecular complexity index is 240. The maximum absolute atomic E-state index is 11.8. The van der Waals surface area contributed by atoms with E-state index in [0.717, 1.165) is 31.6 Å². The van der Waals surface area contributed by atoms with Crippen molar-refractivity contribution >= 4 is 5.91 Å². The zero-order valence-corrected chi connectivity index (χ0v) is 9.05. The van der Waals surface area contributed by atoms with Crippen molar-refractivity contribution < 1.29 is 4.79 Å². The van der Waals surface area contributed by atoms with Crippen LogP contribution in [0.1, 0.15) is 39.5 Å². The molecule has 0 aromatic heterocycles. The third-order valence-electron chi connectivity index (χ3n) is 3.62.